The van der Waals surface area contributed by atoms with Gasteiger partial charge in [-0.3, -0.25) is 4.79 Å². The molecule has 3 nitrogen and oxygen atoms in total. The molecule has 0 unspecified atom stereocenters. The number of piperidine rings is 1. The fourth-order valence-electron chi connectivity index (χ4n) is 2.29. The van der Waals surface area contributed by atoms with Gasteiger partial charge in [-0.25, -0.2) is 8.78 Å². The molecule has 1 atom stereocenters. The van der Waals surface area contributed by atoms with Gasteiger partial charge in [0.15, 0.2) is 18.2 Å². The average Bonchev–Trinajstić information content (AvgIpc) is 2.47. The summed E-state index contributed by atoms with van der Waals surface area (Å²) in [6.45, 7) is -0.872. The molecule has 8 heteroatoms. The van der Waals surface area contributed by atoms with Gasteiger partial charge in [-0.15, -0.1) is 0 Å². The van der Waals surface area contributed by atoms with Crippen molar-refractivity contribution in [3.63, 3.8) is 0 Å². The van der Waals surface area contributed by atoms with E-state index in [2.05, 4.69) is 0 Å². The molecule has 1 heterocycles. The lowest BCUT2D eigenvalue weighted by atomic mass is 9.97. The Bertz CT molecular complexity index is 547. The monoisotopic (exact) mass is 323 g/mol. The number of hydrogen-bond acceptors (Lipinski definition) is 2. The predicted octanol–water partition coefficient (Wildman–Crippen LogP) is 3.14. The zero-order valence-corrected chi connectivity index (χ0v) is 11.5. The number of amides is 1. The highest BCUT2D eigenvalue weighted by Crippen LogP contribution is 2.33. The van der Waals surface area contributed by atoms with E-state index in [4.69, 9.17) is 4.74 Å². The number of ether oxygens (including phenoxy) is 1. The van der Waals surface area contributed by atoms with Crippen molar-refractivity contribution < 1.29 is 31.5 Å². The first kappa shape index (κ1) is 16.5. The quantitative estimate of drug-likeness (QED) is 0.800. The van der Waals surface area contributed by atoms with E-state index in [0.29, 0.717) is 0 Å². The molecule has 0 aliphatic carbocycles. The summed E-state index contributed by atoms with van der Waals surface area (Å²) >= 11 is 0. The van der Waals surface area contributed by atoms with Crippen LogP contribution < -0.4 is 4.74 Å². The lowest BCUT2D eigenvalue weighted by Crippen LogP contribution is -2.46. The van der Waals surface area contributed by atoms with Gasteiger partial charge in [0.2, 0.25) is 0 Å². The van der Waals surface area contributed by atoms with Crippen molar-refractivity contribution in [1.29, 1.82) is 0 Å². The number of alkyl halides is 3. The van der Waals surface area contributed by atoms with Crippen molar-refractivity contribution in [2.75, 3.05) is 19.7 Å². The van der Waals surface area contributed by atoms with E-state index in [0.717, 1.165) is 23.1 Å². The van der Waals surface area contributed by atoms with Gasteiger partial charge in [0, 0.05) is 19.2 Å². The maximum absolute atomic E-state index is 13.3. The van der Waals surface area contributed by atoms with Crippen LogP contribution >= 0.6 is 0 Å². The molecule has 1 aromatic rings. The lowest BCUT2D eigenvalue weighted by Gasteiger charge is -2.33. The first-order valence-electron chi connectivity index (χ1n) is 6.69. The first-order chi connectivity index (χ1) is 10.3. The number of likely N-dealkylation sites (tertiary alicyclic amines) is 1. The summed E-state index contributed by atoms with van der Waals surface area (Å²) in [4.78, 5) is 12.9. The lowest BCUT2D eigenvalue weighted by molar-refractivity contribution is -0.188. The smallest absolute Gasteiger partial charge is 0.393 e. The van der Waals surface area contributed by atoms with Gasteiger partial charge < -0.3 is 9.64 Å². The fourth-order valence-corrected chi connectivity index (χ4v) is 2.29. The van der Waals surface area contributed by atoms with Crippen LogP contribution in [-0.2, 0) is 4.79 Å². The molecule has 0 spiro atoms. The van der Waals surface area contributed by atoms with Crippen molar-refractivity contribution >= 4 is 5.91 Å². The van der Waals surface area contributed by atoms with Crippen LogP contribution in [0.3, 0.4) is 0 Å². The van der Waals surface area contributed by atoms with Gasteiger partial charge in [0.25, 0.3) is 5.91 Å². The Morgan fingerprint density at radius 3 is 2.73 bits per heavy atom. The molecule has 0 saturated carbocycles. The van der Waals surface area contributed by atoms with E-state index in [1.54, 1.807) is 0 Å². The van der Waals surface area contributed by atoms with Crippen molar-refractivity contribution in [3.8, 4) is 5.75 Å². The van der Waals surface area contributed by atoms with Crippen LogP contribution in [0, 0.1) is 17.6 Å². The van der Waals surface area contributed by atoms with Gasteiger partial charge in [-0.05, 0) is 25.0 Å². The number of rotatable bonds is 3. The topological polar surface area (TPSA) is 29.5 Å². The van der Waals surface area contributed by atoms with E-state index in [1.165, 1.54) is 0 Å². The largest absolute Gasteiger partial charge is 0.481 e. The Morgan fingerprint density at radius 2 is 2.05 bits per heavy atom. The SMILES string of the molecule is O=C(COc1cc(F)ccc1F)N1CCC[C@@H](C(F)(F)F)C1. The van der Waals surface area contributed by atoms with E-state index in [-0.39, 0.29) is 19.4 Å². The second kappa shape index (κ2) is 6.50. The maximum Gasteiger partial charge on any atom is 0.393 e. The third kappa shape index (κ3) is 4.08. The fraction of sp³-hybridized carbons (Fsp3) is 0.500. The minimum absolute atomic E-state index is 0.0212. The summed E-state index contributed by atoms with van der Waals surface area (Å²) in [5, 5.41) is 0. The molecular formula is C14H14F5NO2. The molecule has 0 N–H and O–H groups in total. The molecule has 0 bridgehead atoms. The van der Waals surface area contributed by atoms with Crippen LogP contribution in [0.1, 0.15) is 12.8 Å². The second-order valence-electron chi connectivity index (χ2n) is 5.08. The standard InChI is InChI=1S/C14H14F5NO2/c15-10-3-4-11(16)12(6-10)22-8-13(21)20-5-1-2-9(7-20)14(17,18)19/h3-4,6,9H,1-2,5,7-8H2/t9-/m1/s1. The summed E-state index contributed by atoms with van der Waals surface area (Å²) in [6, 6.07) is 2.51. The molecule has 0 aromatic heterocycles. The van der Waals surface area contributed by atoms with Gasteiger partial charge in [-0.2, -0.15) is 13.2 Å². The van der Waals surface area contributed by atoms with E-state index < -0.39 is 48.5 Å². The Kier molecular flexibility index (Phi) is 4.87. The van der Waals surface area contributed by atoms with Crippen molar-refractivity contribution in [2.24, 2.45) is 5.92 Å². The Morgan fingerprint density at radius 1 is 1.32 bits per heavy atom. The van der Waals surface area contributed by atoms with Crippen LogP contribution in [0.25, 0.3) is 0 Å². The highest BCUT2D eigenvalue weighted by molar-refractivity contribution is 5.77. The van der Waals surface area contributed by atoms with Crippen LogP contribution in [0.2, 0.25) is 0 Å². The zero-order valence-electron chi connectivity index (χ0n) is 11.5. The number of hydrogen-bond donors (Lipinski definition) is 0. The number of halogens is 5. The summed E-state index contributed by atoms with van der Waals surface area (Å²) in [7, 11) is 0. The van der Waals surface area contributed by atoms with E-state index >= 15 is 0 Å². The number of nitrogens with zero attached hydrogens (tertiary/aromatic N) is 1. The Labute approximate surface area is 123 Å². The van der Waals surface area contributed by atoms with Gasteiger partial charge >= 0.3 is 6.18 Å². The summed E-state index contributed by atoms with van der Waals surface area (Å²) < 4.78 is 69.1. The first-order valence-corrected chi connectivity index (χ1v) is 6.69. The third-order valence-electron chi connectivity index (χ3n) is 3.48. The minimum atomic E-state index is -4.35. The number of benzene rings is 1. The predicted molar refractivity (Wildman–Crippen MR) is 67.2 cm³/mol. The van der Waals surface area contributed by atoms with Crippen molar-refractivity contribution in [1.82, 2.24) is 4.90 Å². The van der Waals surface area contributed by atoms with Gasteiger partial charge in [0.05, 0.1) is 5.92 Å². The maximum atomic E-state index is 13.3. The van der Waals surface area contributed by atoms with Gasteiger partial charge in [0.1, 0.15) is 5.82 Å². The Balaban J connectivity index is 1.93. The molecule has 1 aliphatic rings. The van der Waals surface area contributed by atoms with Crippen LogP contribution in [0.5, 0.6) is 5.75 Å². The second-order valence-corrected chi connectivity index (χ2v) is 5.08. The molecular weight excluding hydrogens is 309 g/mol. The number of carbonyl (C=O) groups excluding carboxylic acids is 1. The summed E-state index contributed by atoms with van der Waals surface area (Å²) in [5.74, 6) is -4.27. The molecule has 1 saturated heterocycles. The molecule has 1 amide bonds. The minimum Gasteiger partial charge on any atom is -0.481 e. The highest BCUT2D eigenvalue weighted by Gasteiger charge is 2.42. The summed E-state index contributed by atoms with van der Waals surface area (Å²) in [5.41, 5.74) is 0. The van der Waals surface area contributed by atoms with E-state index in [1.807, 2.05) is 0 Å². The molecule has 1 aliphatic heterocycles. The molecule has 0 radical (unpaired) electrons. The zero-order chi connectivity index (χ0) is 16.3. The molecule has 1 aromatic carbocycles. The highest BCUT2D eigenvalue weighted by atomic mass is 19.4. The van der Waals surface area contributed by atoms with Crippen molar-refractivity contribution in [3.05, 3.63) is 29.8 Å². The van der Waals surface area contributed by atoms with Crippen LogP contribution in [0.15, 0.2) is 18.2 Å². The normalized spacial score (nSPS) is 19.1. The number of carbonyl (C=O) groups is 1. The summed E-state index contributed by atoms with van der Waals surface area (Å²) in [6.07, 6.45) is -4.13. The molecule has 122 valence electrons. The van der Waals surface area contributed by atoms with Crippen LogP contribution in [0.4, 0.5) is 22.0 Å². The third-order valence-corrected chi connectivity index (χ3v) is 3.48. The van der Waals surface area contributed by atoms with Gasteiger partial charge in [-0.1, -0.05) is 0 Å². The average molecular weight is 323 g/mol. The van der Waals surface area contributed by atoms with Crippen LogP contribution in [-0.4, -0.2) is 36.7 Å². The molecule has 1 fully saturated rings. The Hall–Kier alpha value is -1.86. The van der Waals surface area contributed by atoms with E-state index in [9.17, 15) is 26.7 Å². The molecule has 2 rings (SSSR count). The van der Waals surface area contributed by atoms with Crippen molar-refractivity contribution in [2.45, 2.75) is 19.0 Å². The molecule has 22 heavy (non-hydrogen) atoms.